The molecule has 0 saturated carbocycles. The molecule has 12 heavy (non-hydrogen) atoms. The maximum Gasteiger partial charge on any atom is 0.0376 e. The first-order chi connectivity index (χ1) is 5.81. The van der Waals surface area contributed by atoms with Crippen molar-refractivity contribution in [2.45, 2.75) is 43.0 Å². The molecule has 0 radical (unpaired) electrons. The summed E-state index contributed by atoms with van der Waals surface area (Å²) in [7, 11) is 0. The largest absolute Gasteiger partial charge is 0.0929 e. The molecule has 0 saturated heterocycles. The number of nitrogens with zero attached hydrogens (tertiary/aromatic N) is 3. The van der Waals surface area contributed by atoms with E-state index in [0.717, 1.165) is 0 Å². The van der Waals surface area contributed by atoms with Gasteiger partial charge in [0, 0.05) is 15.4 Å². The van der Waals surface area contributed by atoms with Crippen LogP contribution in [-0.2, 0) is 0 Å². The zero-order valence-electron chi connectivity index (χ0n) is 7.54. The van der Waals surface area contributed by atoms with E-state index < -0.39 is 0 Å². The maximum absolute atomic E-state index is 8.08. The van der Waals surface area contributed by atoms with Gasteiger partial charge in [0.15, 0.2) is 0 Å². The molecule has 0 aromatic carbocycles. The van der Waals surface area contributed by atoms with Crippen LogP contribution in [0.5, 0.6) is 0 Å². The van der Waals surface area contributed by atoms with Gasteiger partial charge in [-0.1, -0.05) is 60.3 Å². The molecule has 0 aliphatic carbocycles. The van der Waals surface area contributed by atoms with Crippen LogP contribution in [0.1, 0.15) is 39.0 Å². The van der Waals surface area contributed by atoms with Crippen LogP contribution in [-0.4, -0.2) is 10.5 Å². The summed E-state index contributed by atoms with van der Waals surface area (Å²) in [5, 5.41) is 3.54. The van der Waals surface area contributed by atoms with Gasteiger partial charge in [-0.25, -0.2) is 0 Å². The third-order valence-corrected chi connectivity index (χ3v) is 2.73. The Morgan fingerprint density at radius 2 is 2.17 bits per heavy atom. The van der Waals surface area contributed by atoms with Crippen LogP contribution in [0.2, 0.25) is 0 Å². The molecule has 0 aliphatic heterocycles. The van der Waals surface area contributed by atoms with E-state index in [4.69, 9.17) is 5.53 Å². The second-order valence-corrected chi connectivity index (χ2v) is 4.62. The fourth-order valence-electron chi connectivity index (χ4n) is 1.01. The predicted molar refractivity (Wildman–Crippen MR) is 60.6 cm³/mol. The number of unbranched alkanes of at least 4 members (excludes halogenated alkanes) is 3. The van der Waals surface area contributed by atoms with Gasteiger partial charge >= 0.3 is 0 Å². The van der Waals surface area contributed by atoms with Gasteiger partial charge in [0.05, 0.1) is 0 Å². The van der Waals surface area contributed by atoms with Crippen molar-refractivity contribution < 1.29 is 0 Å². The van der Waals surface area contributed by atoms with E-state index in [1.807, 2.05) is 0 Å². The van der Waals surface area contributed by atoms with E-state index >= 15 is 0 Å². The first-order valence-electron chi connectivity index (χ1n) is 4.46. The Labute approximate surface area is 87.7 Å². The van der Waals surface area contributed by atoms with Crippen LogP contribution in [0.25, 0.3) is 10.4 Å². The van der Waals surface area contributed by atoms with Crippen molar-refractivity contribution in [1.29, 1.82) is 0 Å². The van der Waals surface area contributed by atoms with E-state index in [9.17, 15) is 0 Å². The van der Waals surface area contributed by atoms with Crippen molar-refractivity contribution in [3.63, 3.8) is 0 Å². The lowest BCUT2D eigenvalue weighted by Gasteiger charge is -2.04. The number of rotatable bonds is 7. The summed E-state index contributed by atoms with van der Waals surface area (Å²) in [6, 6.07) is 0. The molecule has 0 rings (SSSR count). The standard InChI is InChI=1S/C8H16IN3/c1-2-3-4-5-6-8(9)7-11-12-10/h8H,2-7H2,1H3. The Kier molecular flexibility index (Phi) is 9.16. The SMILES string of the molecule is CCCCCCC(I)CN=[N+]=[N-]. The van der Waals surface area contributed by atoms with Crippen molar-refractivity contribution in [2.24, 2.45) is 5.11 Å². The molecule has 0 aromatic heterocycles. The van der Waals surface area contributed by atoms with Gasteiger partial charge in [0.2, 0.25) is 0 Å². The predicted octanol–water partition coefficient (Wildman–Crippen LogP) is 4.07. The first kappa shape index (κ1) is 12.0. The molecule has 0 heterocycles. The van der Waals surface area contributed by atoms with Gasteiger partial charge in [-0.05, 0) is 12.0 Å². The normalized spacial score (nSPS) is 12.2. The van der Waals surface area contributed by atoms with E-state index in [0.29, 0.717) is 10.5 Å². The lowest BCUT2D eigenvalue weighted by molar-refractivity contribution is 0.626. The molecule has 0 aromatic rings. The highest BCUT2D eigenvalue weighted by Crippen LogP contribution is 2.12. The van der Waals surface area contributed by atoms with Crippen molar-refractivity contribution >= 4 is 22.6 Å². The maximum atomic E-state index is 8.08. The molecule has 0 spiro atoms. The summed E-state index contributed by atoms with van der Waals surface area (Å²) < 4.78 is 0.523. The van der Waals surface area contributed by atoms with Gasteiger partial charge in [-0.3, -0.25) is 0 Å². The molecule has 0 amide bonds. The second-order valence-electron chi connectivity index (χ2n) is 2.86. The smallest absolute Gasteiger partial charge is 0.0376 e. The average molecular weight is 281 g/mol. The Bertz CT molecular complexity index is 143. The van der Waals surface area contributed by atoms with Gasteiger partial charge in [0.25, 0.3) is 0 Å². The number of alkyl halides is 1. The van der Waals surface area contributed by atoms with Crippen LogP contribution in [0, 0.1) is 0 Å². The first-order valence-corrected chi connectivity index (χ1v) is 5.70. The third-order valence-electron chi connectivity index (χ3n) is 1.71. The summed E-state index contributed by atoms with van der Waals surface area (Å²) >= 11 is 2.35. The molecule has 1 atom stereocenters. The Morgan fingerprint density at radius 3 is 2.75 bits per heavy atom. The van der Waals surface area contributed by atoms with Crippen LogP contribution in [0.3, 0.4) is 0 Å². The van der Waals surface area contributed by atoms with Gasteiger partial charge in [0.1, 0.15) is 0 Å². The zero-order valence-corrected chi connectivity index (χ0v) is 9.70. The molecule has 1 unspecified atom stereocenters. The Morgan fingerprint density at radius 1 is 1.42 bits per heavy atom. The Balaban J connectivity index is 3.18. The lowest BCUT2D eigenvalue weighted by atomic mass is 10.1. The van der Waals surface area contributed by atoms with E-state index in [1.54, 1.807) is 0 Å². The molecule has 4 heteroatoms. The molecule has 0 bridgehead atoms. The molecular formula is C8H16IN3. The minimum atomic E-state index is 0.523. The summed E-state index contributed by atoms with van der Waals surface area (Å²) in [5.41, 5.74) is 8.08. The molecular weight excluding hydrogens is 265 g/mol. The number of halogens is 1. The summed E-state index contributed by atoms with van der Waals surface area (Å²) in [5.74, 6) is 0. The fraction of sp³-hybridized carbons (Fsp3) is 1.00. The molecule has 0 aliphatic rings. The molecule has 0 fully saturated rings. The van der Waals surface area contributed by atoms with Gasteiger partial charge < -0.3 is 0 Å². The fourth-order valence-corrected chi connectivity index (χ4v) is 1.63. The topological polar surface area (TPSA) is 48.8 Å². The lowest BCUT2D eigenvalue weighted by Crippen LogP contribution is -2.00. The van der Waals surface area contributed by atoms with Crippen LogP contribution in [0.4, 0.5) is 0 Å². The summed E-state index contributed by atoms with van der Waals surface area (Å²) in [6.07, 6.45) is 6.36. The van der Waals surface area contributed by atoms with Crippen molar-refractivity contribution in [3.05, 3.63) is 10.4 Å². The molecule has 0 N–H and O–H groups in total. The summed E-state index contributed by atoms with van der Waals surface area (Å²) in [4.78, 5) is 2.74. The van der Waals surface area contributed by atoms with Gasteiger partial charge in [-0.2, -0.15) is 0 Å². The average Bonchev–Trinajstić information content (AvgIpc) is 2.09. The molecule has 70 valence electrons. The van der Waals surface area contributed by atoms with Crippen molar-refractivity contribution in [3.8, 4) is 0 Å². The minimum absolute atomic E-state index is 0.523. The number of hydrogen-bond acceptors (Lipinski definition) is 1. The van der Waals surface area contributed by atoms with Crippen LogP contribution in [0.15, 0.2) is 5.11 Å². The number of azide groups is 1. The monoisotopic (exact) mass is 281 g/mol. The summed E-state index contributed by atoms with van der Waals surface area (Å²) in [6.45, 7) is 2.85. The third kappa shape index (κ3) is 8.14. The highest BCUT2D eigenvalue weighted by atomic mass is 127. The second kappa shape index (κ2) is 9.13. The van der Waals surface area contributed by atoms with Crippen LogP contribution >= 0.6 is 22.6 Å². The molecule has 3 nitrogen and oxygen atoms in total. The number of hydrogen-bond donors (Lipinski definition) is 0. The van der Waals surface area contributed by atoms with Crippen molar-refractivity contribution in [1.82, 2.24) is 0 Å². The van der Waals surface area contributed by atoms with E-state index in [1.165, 1.54) is 32.1 Å². The zero-order chi connectivity index (χ0) is 9.23. The highest BCUT2D eigenvalue weighted by Gasteiger charge is 2.00. The van der Waals surface area contributed by atoms with E-state index in [2.05, 4.69) is 39.5 Å². The van der Waals surface area contributed by atoms with Crippen molar-refractivity contribution in [2.75, 3.05) is 6.54 Å². The van der Waals surface area contributed by atoms with Crippen LogP contribution < -0.4 is 0 Å². The quantitative estimate of drug-likeness (QED) is 0.169. The van der Waals surface area contributed by atoms with Gasteiger partial charge in [-0.15, -0.1) is 0 Å². The highest BCUT2D eigenvalue weighted by molar-refractivity contribution is 14.1. The minimum Gasteiger partial charge on any atom is -0.0929 e. The van der Waals surface area contributed by atoms with E-state index in [-0.39, 0.29) is 0 Å². The Hall–Kier alpha value is 0.0400.